The zero-order valence-corrected chi connectivity index (χ0v) is 17.3. The van der Waals surface area contributed by atoms with Crippen molar-refractivity contribution in [3.05, 3.63) is 51.7 Å². The first-order valence-corrected chi connectivity index (χ1v) is 10.4. The fourth-order valence-electron chi connectivity index (χ4n) is 3.86. The maximum absolute atomic E-state index is 10.6. The van der Waals surface area contributed by atoms with Gasteiger partial charge >= 0.3 is 0 Å². The van der Waals surface area contributed by atoms with Crippen LogP contribution >= 0.6 is 27.5 Å². The Bertz CT molecular complexity index is 752. The topological polar surface area (TPSA) is 55.7 Å². The van der Waals surface area contributed by atoms with Crippen LogP contribution < -0.4 is 4.90 Å². The van der Waals surface area contributed by atoms with E-state index < -0.39 is 0 Å². The normalized spacial score (nSPS) is 24.5. The molecule has 2 aliphatic rings. The third-order valence-electron chi connectivity index (χ3n) is 5.34. The van der Waals surface area contributed by atoms with E-state index in [1.54, 1.807) is 12.4 Å². The number of halogens is 2. The molecule has 4 rings (SSSR count). The van der Waals surface area contributed by atoms with E-state index in [-0.39, 0.29) is 12.1 Å². The molecule has 2 fully saturated rings. The molecule has 1 aromatic heterocycles. The summed E-state index contributed by atoms with van der Waals surface area (Å²) in [5.41, 5.74) is 1.28. The van der Waals surface area contributed by atoms with Crippen LogP contribution in [0.3, 0.4) is 0 Å². The summed E-state index contributed by atoms with van der Waals surface area (Å²) in [5, 5.41) is 11.4. The number of nitrogens with zero attached hydrogens (tertiary/aromatic N) is 5. The average Bonchev–Trinajstić information content (AvgIpc) is 3.06. The van der Waals surface area contributed by atoms with Gasteiger partial charge in [-0.2, -0.15) is 0 Å². The molecule has 0 amide bonds. The molecule has 2 aliphatic heterocycles. The molecule has 0 aliphatic carbocycles. The molecular weight excluding hydrogens is 430 g/mol. The molecule has 144 valence electrons. The predicted octanol–water partition coefficient (Wildman–Crippen LogP) is 2.26. The summed E-state index contributed by atoms with van der Waals surface area (Å²) in [4.78, 5) is 15.7. The van der Waals surface area contributed by atoms with Gasteiger partial charge in [0.05, 0.1) is 16.6 Å². The highest BCUT2D eigenvalue weighted by atomic mass is 79.9. The lowest BCUT2D eigenvalue weighted by molar-refractivity contribution is 0.0424. The number of piperazine rings is 1. The number of anilines is 1. The quantitative estimate of drug-likeness (QED) is 0.768. The van der Waals surface area contributed by atoms with Gasteiger partial charge in [0.15, 0.2) is 0 Å². The summed E-state index contributed by atoms with van der Waals surface area (Å²) >= 11 is 9.33. The Morgan fingerprint density at radius 1 is 1.04 bits per heavy atom. The highest BCUT2D eigenvalue weighted by Crippen LogP contribution is 2.22. The first-order chi connectivity index (χ1) is 13.1. The summed E-state index contributed by atoms with van der Waals surface area (Å²) in [6.45, 7) is 6.21. The summed E-state index contributed by atoms with van der Waals surface area (Å²) in [6.07, 6.45) is 3.12. The first-order valence-electron chi connectivity index (χ1n) is 9.20. The SMILES string of the molecule is O[C@@H]1CN(c2ncc(Br)cn2)C[C@H]1N1CCN(Cc2ccc(Cl)cc2)CC1. The van der Waals surface area contributed by atoms with E-state index in [4.69, 9.17) is 11.6 Å². The van der Waals surface area contributed by atoms with Crippen LogP contribution in [0.25, 0.3) is 0 Å². The molecule has 3 heterocycles. The van der Waals surface area contributed by atoms with Crippen molar-refractivity contribution in [2.24, 2.45) is 0 Å². The third kappa shape index (κ3) is 4.60. The lowest BCUT2D eigenvalue weighted by Gasteiger charge is -2.38. The summed E-state index contributed by atoms with van der Waals surface area (Å²) in [6, 6.07) is 8.20. The summed E-state index contributed by atoms with van der Waals surface area (Å²) in [5.74, 6) is 0.682. The van der Waals surface area contributed by atoms with E-state index in [1.165, 1.54) is 5.56 Å². The van der Waals surface area contributed by atoms with E-state index in [1.807, 2.05) is 12.1 Å². The maximum atomic E-state index is 10.6. The van der Waals surface area contributed by atoms with E-state index >= 15 is 0 Å². The Labute approximate surface area is 172 Å². The monoisotopic (exact) mass is 451 g/mol. The van der Waals surface area contributed by atoms with Gasteiger partial charge in [-0.3, -0.25) is 9.80 Å². The van der Waals surface area contributed by atoms with Crippen LogP contribution in [0, 0.1) is 0 Å². The summed E-state index contributed by atoms with van der Waals surface area (Å²) in [7, 11) is 0. The molecule has 0 bridgehead atoms. The van der Waals surface area contributed by atoms with Gasteiger partial charge < -0.3 is 10.0 Å². The Hall–Kier alpha value is -1.25. The number of rotatable bonds is 4. The minimum absolute atomic E-state index is 0.134. The molecular formula is C19H23BrClN5O. The first kappa shape index (κ1) is 19.1. The number of hydrogen-bond donors (Lipinski definition) is 1. The number of hydrogen-bond acceptors (Lipinski definition) is 6. The Balaban J connectivity index is 1.31. The second kappa shape index (κ2) is 8.41. The largest absolute Gasteiger partial charge is 0.390 e. The van der Waals surface area contributed by atoms with Crippen molar-refractivity contribution in [2.45, 2.75) is 18.7 Å². The predicted molar refractivity (Wildman–Crippen MR) is 110 cm³/mol. The fourth-order valence-corrected chi connectivity index (χ4v) is 4.19. The van der Waals surface area contributed by atoms with Gasteiger partial charge in [-0.15, -0.1) is 0 Å². The molecule has 1 aromatic carbocycles. The van der Waals surface area contributed by atoms with Crippen molar-refractivity contribution in [2.75, 3.05) is 44.2 Å². The van der Waals surface area contributed by atoms with Crippen LogP contribution in [0.4, 0.5) is 5.95 Å². The smallest absolute Gasteiger partial charge is 0.225 e. The van der Waals surface area contributed by atoms with Crippen LogP contribution in [0.2, 0.25) is 5.02 Å². The molecule has 2 aromatic rings. The molecule has 2 saturated heterocycles. The number of aliphatic hydroxyl groups is 1. The molecule has 0 spiro atoms. The van der Waals surface area contributed by atoms with Crippen molar-refractivity contribution >= 4 is 33.5 Å². The molecule has 0 radical (unpaired) electrons. The second-order valence-corrected chi connectivity index (χ2v) is 8.53. The third-order valence-corrected chi connectivity index (χ3v) is 6.01. The minimum atomic E-state index is -0.375. The van der Waals surface area contributed by atoms with Gasteiger partial charge in [0.1, 0.15) is 0 Å². The van der Waals surface area contributed by atoms with Gasteiger partial charge in [0.2, 0.25) is 5.95 Å². The highest BCUT2D eigenvalue weighted by Gasteiger charge is 2.37. The molecule has 0 unspecified atom stereocenters. The van der Waals surface area contributed by atoms with Crippen molar-refractivity contribution < 1.29 is 5.11 Å². The van der Waals surface area contributed by atoms with E-state index in [0.29, 0.717) is 12.5 Å². The van der Waals surface area contributed by atoms with Gasteiger partial charge in [-0.05, 0) is 33.6 Å². The van der Waals surface area contributed by atoms with E-state index in [2.05, 4.69) is 52.7 Å². The van der Waals surface area contributed by atoms with Crippen molar-refractivity contribution in [3.8, 4) is 0 Å². The average molecular weight is 453 g/mol. The zero-order valence-electron chi connectivity index (χ0n) is 15.0. The van der Waals surface area contributed by atoms with Crippen LogP contribution in [-0.2, 0) is 6.54 Å². The summed E-state index contributed by atoms with van der Waals surface area (Å²) < 4.78 is 0.861. The molecule has 8 heteroatoms. The standard InChI is InChI=1S/C19H23BrClN5O/c20-15-9-22-19(23-10-15)26-12-17(18(27)13-26)25-7-5-24(6-8-25)11-14-1-3-16(21)4-2-14/h1-4,9-10,17-18,27H,5-8,11-13H2/t17-,18-/m1/s1. The minimum Gasteiger partial charge on any atom is -0.390 e. The number of aliphatic hydroxyl groups excluding tert-OH is 1. The van der Waals surface area contributed by atoms with Crippen LogP contribution in [-0.4, -0.2) is 76.3 Å². The lowest BCUT2D eigenvalue weighted by Crippen LogP contribution is -2.53. The van der Waals surface area contributed by atoms with Gasteiger partial charge in [0.25, 0.3) is 0 Å². The van der Waals surface area contributed by atoms with E-state index in [0.717, 1.165) is 48.8 Å². The molecule has 2 atom stereocenters. The Morgan fingerprint density at radius 2 is 1.70 bits per heavy atom. The van der Waals surface area contributed by atoms with E-state index in [9.17, 15) is 5.11 Å². The number of benzene rings is 1. The molecule has 1 N–H and O–H groups in total. The Morgan fingerprint density at radius 3 is 2.37 bits per heavy atom. The Kier molecular flexibility index (Phi) is 5.94. The number of aromatic nitrogens is 2. The maximum Gasteiger partial charge on any atom is 0.225 e. The fraction of sp³-hybridized carbons (Fsp3) is 0.474. The highest BCUT2D eigenvalue weighted by molar-refractivity contribution is 9.10. The molecule has 27 heavy (non-hydrogen) atoms. The van der Waals surface area contributed by atoms with Crippen LogP contribution in [0.15, 0.2) is 41.1 Å². The number of β-amino-alcohol motifs (C(OH)–C–C–N with tert-alkyl or cyclic N) is 1. The van der Waals surface area contributed by atoms with Crippen molar-refractivity contribution in [1.82, 2.24) is 19.8 Å². The van der Waals surface area contributed by atoms with Crippen LogP contribution in [0.5, 0.6) is 0 Å². The molecule has 0 saturated carbocycles. The zero-order chi connectivity index (χ0) is 18.8. The lowest BCUT2D eigenvalue weighted by atomic mass is 10.1. The molecule has 6 nitrogen and oxygen atoms in total. The van der Waals surface area contributed by atoms with Gasteiger partial charge in [-0.1, -0.05) is 23.7 Å². The van der Waals surface area contributed by atoms with Crippen molar-refractivity contribution in [3.63, 3.8) is 0 Å². The second-order valence-electron chi connectivity index (χ2n) is 7.18. The van der Waals surface area contributed by atoms with Crippen LogP contribution in [0.1, 0.15) is 5.56 Å². The van der Waals surface area contributed by atoms with Gasteiger partial charge in [-0.25, -0.2) is 9.97 Å². The van der Waals surface area contributed by atoms with Gasteiger partial charge in [0, 0.05) is 63.2 Å². The van der Waals surface area contributed by atoms with Crippen molar-refractivity contribution in [1.29, 1.82) is 0 Å².